The fraction of sp³-hybridized carbons (Fsp3) is 0.675. The molecule has 0 aromatic carbocycles. The first kappa shape index (κ1) is 48.7. The summed E-state index contributed by atoms with van der Waals surface area (Å²) in [4.78, 5) is 154. The molecular formula is C40H56O13. The Morgan fingerprint density at radius 1 is 0.189 bits per heavy atom. The smallest absolute Gasteiger partial charge is 0.133 e. The van der Waals surface area contributed by atoms with Gasteiger partial charge >= 0.3 is 0 Å². The molecule has 53 heavy (non-hydrogen) atoms. The summed E-state index contributed by atoms with van der Waals surface area (Å²) < 4.78 is 0. The van der Waals surface area contributed by atoms with Gasteiger partial charge in [0.1, 0.15) is 75.2 Å². The van der Waals surface area contributed by atoms with Crippen molar-refractivity contribution in [1.29, 1.82) is 0 Å². The fourth-order valence-corrected chi connectivity index (χ4v) is 5.01. The van der Waals surface area contributed by atoms with Crippen LogP contribution in [-0.4, -0.2) is 75.2 Å². The van der Waals surface area contributed by atoms with Crippen molar-refractivity contribution in [1.82, 2.24) is 0 Å². The van der Waals surface area contributed by atoms with E-state index in [0.29, 0.717) is 12.8 Å². The van der Waals surface area contributed by atoms with E-state index in [0.717, 1.165) is 0 Å². The van der Waals surface area contributed by atoms with Crippen LogP contribution in [0.15, 0.2) is 0 Å². The quantitative estimate of drug-likeness (QED) is 0.0801. The van der Waals surface area contributed by atoms with E-state index in [4.69, 9.17) is 0 Å². The van der Waals surface area contributed by atoms with Gasteiger partial charge in [0.15, 0.2) is 0 Å². The fourth-order valence-electron chi connectivity index (χ4n) is 5.01. The highest BCUT2D eigenvalue weighted by atomic mass is 16.2. The molecule has 0 amide bonds. The van der Waals surface area contributed by atoms with Gasteiger partial charge in [-0.2, -0.15) is 0 Å². The first-order valence-electron chi connectivity index (χ1n) is 18.6. The molecule has 0 aliphatic heterocycles. The van der Waals surface area contributed by atoms with Gasteiger partial charge in [0, 0.05) is 154 Å². The molecule has 0 saturated carbocycles. The number of hydrogen-bond donors (Lipinski definition) is 0. The summed E-state index contributed by atoms with van der Waals surface area (Å²) in [6.07, 6.45) is 0.349. The second-order valence-corrected chi connectivity index (χ2v) is 13.7. The van der Waals surface area contributed by atoms with Gasteiger partial charge < -0.3 is 9.59 Å². The van der Waals surface area contributed by atoms with Gasteiger partial charge in [0.2, 0.25) is 0 Å². The van der Waals surface area contributed by atoms with Crippen LogP contribution in [0.2, 0.25) is 0 Å². The van der Waals surface area contributed by atoms with E-state index in [9.17, 15) is 62.3 Å². The van der Waals surface area contributed by atoms with Crippen LogP contribution in [0.5, 0.6) is 0 Å². The maximum absolute atomic E-state index is 12.2. The molecule has 0 atom stereocenters. The third-order valence-corrected chi connectivity index (χ3v) is 8.57. The summed E-state index contributed by atoms with van der Waals surface area (Å²) in [6, 6.07) is 0. The molecule has 0 aliphatic rings. The van der Waals surface area contributed by atoms with Gasteiger partial charge in [0.25, 0.3) is 0 Å². The van der Waals surface area contributed by atoms with Crippen LogP contribution >= 0.6 is 0 Å². The summed E-state index contributed by atoms with van der Waals surface area (Å²) in [5.74, 6) is -2.88. The Bertz CT molecular complexity index is 1370. The summed E-state index contributed by atoms with van der Waals surface area (Å²) in [7, 11) is 0. The lowest BCUT2D eigenvalue weighted by Crippen LogP contribution is -2.11. The number of ketones is 13. The minimum atomic E-state index is -0.303. The highest BCUT2D eigenvalue weighted by Gasteiger charge is 2.16. The topological polar surface area (TPSA) is 222 Å². The molecule has 13 nitrogen and oxygen atoms in total. The maximum Gasteiger partial charge on any atom is 0.133 e. The third kappa shape index (κ3) is 31.0. The summed E-state index contributed by atoms with van der Waals surface area (Å²) >= 11 is 0. The number of hydrogen-bond acceptors (Lipinski definition) is 13. The predicted molar refractivity (Wildman–Crippen MR) is 192 cm³/mol. The van der Waals surface area contributed by atoms with Crippen LogP contribution in [-0.2, 0) is 62.3 Å². The number of rotatable bonds is 37. The van der Waals surface area contributed by atoms with E-state index in [2.05, 4.69) is 0 Å². The normalized spacial score (nSPS) is 10.7. The van der Waals surface area contributed by atoms with E-state index in [1.807, 2.05) is 0 Å². The second-order valence-electron chi connectivity index (χ2n) is 13.7. The molecule has 0 aromatic rings. The van der Waals surface area contributed by atoms with Crippen LogP contribution in [0.3, 0.4) is 0 Å². The van der Waals surface area contributed by atoms with Crippen molar-refractivity contribution < 1.29 is 62.3 Å². The summed E-state index contributed by atoms with van der Waals surface area (Å²) in [5.41, 5.74) is 0. The Kier molecular flexibility index (Phi) is 26.8. The number of carbonyl (C=O) groups is 13. The zero-order chi connectivity index (χ0) is 40.2. The lowest BCUT2D eigenvalue weighted by Gasteiger charge is -2.04. The Labute approximate surface area is 311 Å². The molecule has 0 N–H and O–H groups in total. The van der Waals surface area contributed by atoms with Crippen molar-refractivity contribution in [2.75, 3.05) is 0 Å². The van der Waals surface area contributed by atoms with Gasteiger partial charge in [-0.15, -0.1) is 0 Å². The van der Waals surface area contributed by atoms with Crippen molar-refractivity contribution in [3.8, 4) is 0 Å². The molecular weight excluding hydrogens is 688 g/mol. The van der Waals surface area contributed by atoms with Crippen molar-refractivity contribution in [3.05, 3.63) is 0 Å². The van der Waals surface area contributed by atoms with E-state index < -0.39 is 0 Å². The monoisotopic (exact) mass is 744 g/mol. The molecule has 0 unspecified atom stereocenters. The van der Waals surface area contributed by atoms with Gasteiger partial charge in [-0.05, 0) is 20.3 Å². The van der Waals surface area contributed by atoms with E-state index >= 15 is 0 Å². The minimum absolute atomic E-state index is 0.000968. The van der Waals surface area contributed by atoms with Crippen LogP contribution in [0.25, 0.3) is 0 Å². The summed E-state index contributed by atoms with van der Waals surface area (Å²) in [6.45, 7) is 2.83. The molecule has 0 bridgehead atoms. The SMILES string of the molecule is CC(=O)CCCC(=O)CCC(=O)CCC(=O)CCC(=O)CCC(=O)CCC(=O)CCC(=O)CCC(=O)CCC(=O)CCC(=O)CCC(=O)CCC(C)=O. The van der Waals surface area contributed by atoms with Crippen LogP contribution < -0.4 is 0 Å². The highest BCUT2D eigenvalue weighted by Crippen LogP contribution is 2.11. The van der Waals surface area contributed by atoms with E-state index in [1.165, 1.54) is 13.8 Å². The molecule has 0 aliphatic carbocycles. The number of carbonyl (C=O) groups excluding carboxylic acids is 13. The van der Waals surface area contributed by atoms with Crippen LogP contribution in [0, 0.1) is 0 Å². The zero-order valence-corrected chi connectivity index (χ0v) is 31.5. The van der Waals surface area contributed by atoms with Gasteiger partial charge in [0.05, 0.1) is 0 Å². The second kappa shape index (κ2) is 29.2. The van der Waals surface area contributed by atoms with Crippen molar-refractivity contribution in [2.24, 2.45) is 0 Å². The lowest BCUT2D eigenvalue weighted by molar-refractivity contribution is -0.128. The van der Waals surface area contributed by atoms with Crippen LogP contribution in [0.1, 0.15) is 174 Å². The highest BCUT2D eigenvalue weighted by molar-refractivity contribution is 5.94. The minimum Gasteiger partial charge on any atom is -0.300 e. The summed E-state index contributed by atoms with van der Waals surface area (Å²) in [5, 5.41) is 0. The van der Waals surface area contributed by atoms with Crippen molar-refractivity contribution >= 4 is 75.2 Å². The molecule has 13 heteroatoms. The van der Waals surface area contributed by atoms with Gasteiger partial charge in [-0.25, -0.2) is 0 Å². The molecule has 0 rings (SSSR count). The Morgan fingerprint density at radius 3 is 0.472 bits per heavy atom. The van der Waals surface area contributed by atoms with Gasteiger partial charge in [-0.1, -0.05) is 0 Å². The van der Waals surface area contributed by atoms with E-state index in [-0.39, 0.29) is 223 Å². The number of Topliss-reactive ketones (excluding diaryl/α,β-unsaturated/α-hetero) is 13. The molecule has 294 valence electrons. The van der Waals surface area contributed by atoms with E-state index in [1.54, 1.807) is 0 Å². The molecule has 0 radical (unpaired) electrons. The molecule has 0 fully saturated rings. The molecule has 0 spiro atoms. The zero-order valence-electron chi connectivity index (χ0n) is 31.5. The Balaban J connectivity index is 3.99. The third-order valence-electron chi connectivity index (χ3n) is 8.57. The van der Waals surface area contributed by atoms with Crippen molar-refractivity contribution in [3.63, 3.8) is 0 Å². The largest absolute Gasteiger partial charge is 0.300 e. The Hall–Kier alpha value is -4.29. The standard InChI is InChI=1S/C40H56O13/c1-28(41)4-3-5-30(43)8-9-32(45)12-13-34(47)16-17-36(49)20-21-38(51)24-25-40(53)27-26-39(52)23-22-37(50)19-18-35(48)15-14-33(46)11-10-31(44)7-6-29(2)42/h3-27H2,1-2H3. The maximum atomic E-state index is 12.2. The molecule has 0 heterocycles. The van der Waals surface area contributed by atoms with Gasteiger partial charge in [-0.3, -0.25) is 52.7 Å². The first-order chi connectivity index (χ1) is 25.0. The Morgan fingerprint density at radius 2 is 0.321 bits per heavy atom. The van der Waals surface area contributed by atoms with Crippen molar-refractivity contribution in [2.45, 2.75) is 174 Å². The van der Waals surface area contributed by atoms with Crippen LogP contribution in [0.4, 0.5) is 0 Å². The predicted octanol–water partition coefficient (Wildman–Crippen LogP) is 5.18. The average molecular weight is 745 g/mol. The molecule has 0 saturated heterocycles. The average Bonchev–Trinajstić information content (AvgIpc) is 3.11. The lowest BCUT2D eigenvalue weighted by atomic mass is 9.99. The molecule has 0 aromatic heterocycles. The first-order valence-corrected chi connectivity index (χ1v) is 18.6.